The molecule has 0 bridgehead atoms. The lowest BCUT2D eigenvalue weighted by Crippen LogP contribution is -2.52. The van der Waals surface area contributed by atoms with Crippen molar-refractivity contribution in [2.45, 2.75) is 19.3 Å². The van der Waals surface area contributed by atoms with Gasteiger partial charge in [0.1, 0.15) is 12.7 Å². The van der Waals surface area contributed by atoms with Crippen molar-refractivity contribution in [3.8, 4) is 5.69 Å². The third-order valence-electron chi connectivity index (χ3n) is 5.52. The zero-order valence-electron chi connectivity index (χ0n) is 16.0. The first-order chi connectivity index (χ1) is 13.7. The average Bonchev–Trinajstić information content (AvgIpc) is 3.29. The number of carbonyl (C=O) groups is 2. The Labute approximate surface area is 164 Å². The van der Waals surface area contributed by atoms with Gasteiger partial charge in [0.15, 0.2) is 0 Å². The summed E-state index contributed by atoms with van der Waals surface area (Å²) < 4.78 is 1.66. The number of likely N-dealkylation sites (tertiary alicyclic amines) is 1. The van der Waals surface area contributed by atoms with Gasteiger partial charge in [-0.05, 0) is 43.5 Å². The number of benzene rings is 1. The fourth-order valence-corrected chi connectivity index (χ4v) is 3.82. The molecule has 0 spiro atoms. The summed E-state index contributed by atoms with van der Waals surface area (Å²) in [6, 6.07) is 7.39. The summed E-state index contributed by atoms with van der Waals surface area (Å²) in [5.41, 5.74) is 1.54. The normalized spacial score (nSPS) is 18.3. The molecule has 8 nitrogen and oxygen atoms in total. The van der Waals surface area contributed by atoms with Crippen LogP contribution in [-0.2, 0) is 4.79 Å². The highest BCUT2D eigenvalue weighted by Crippen LogP contribution is 2.13. The summed E-state index contributed by atoms with van der Waals surface area (Å²) in [5, 5.41) is 4.09. The molecule has 0 radical (unpaired) electrons. The Morgan fingerprint density at radius 2 is 1.57 bits per heavy atom. The molecule has 0 N–H and O–H groups in total. The lowest BCUT2D eigenvalue weighted by atomic mass is 10.1. The van der Waals surface area contributed by atoms with Crippen molar-refractivity contribution in [2.24, 2.45) is 0 Å². The highest BCUT2D eigenvalue weighted by atomic mass is 16.2. The number of aromatic nitrogens is 3. The fourth-order valence-electron chi connectivity index (χ4n) is 3.82. The van der Waals surface area contributed by atoms with E-state index in [1.165, 1.54) is 12.7 Å². The number of piperazine rings is 1. The van der Waals surface area contributed by atoms with Crippen LogP contribution in [0.5, 0.6) is 0 Å². The van der Waals surface area contributed by atoms with Crippen LogP contribution < -0.4 is 0 Å². The number of amides is 2. The van der Waals surface area contributed by atoms with Crippen LogP contribution in [0.3, 0.4) is 0 Å². The molecule has 2 saturated heterocycles. The van der Waals surface area contributed by atoms with Crippen LogP contribution in [-0.4, -0.2) is 87.1 Å². The zero-order valence-corrected chi connectivity index (χ0v) is 16.0. The van der Waals surface area contributed by atoms with Gasteiger partial charge in [0.25, 0.3) is 5.91 Å². The van der Waals surface area contributed by atoms with Crippen LogP contribution in [0.4, 0.5) is 0 Å². The molecule has 0 atom stereocenters. The number of piperidine rings is 1. The van der Waals surface area contributed by atoms with Gasteiger partial charge in [0, 0.05) is 44.8 Å². The summed E-state index contributed by atoms with van der Waals surface area (Å²) >= 11 is 0. The largest absolute Gasteiger partial charge is 0.342 e. The molecule has 1 aromatic heterocycles. The Morgan fingerprint density at radius 3 is 2.21 bits per heavy atom. The molecule has 2 aliphatic heterocycles. The van der Waals surface area contributed by atoms with E-state index in [0.29, 0.717) is 25.2 Å². The lowest BCUT2D eigenvalue weighted by Gasteiger charge is -2.36. The Balaban J connectivity index is 1.28. The van der Waals surface area contributed by atoms with Crippen molar-refractivity contribution in [2.75, 3.05) is 45.8 Å². The van der Waals surface area contributed by atoms with Gasteiger partial charge in [-0.2, -0.15) is 5.10 Å². The molecule has 2 aliphatic rings. The Morgan fingerprint density at radius 1 is 0.857 bits per heavy atom. The molecule has 4 rings (SSSR count). The molecule has 2 aromatic rings. The van der Waals surface area contributed by atoms with Gasteiger partial charge in [-0.3, -0.25) is 14.5 Å². The number of carbonyl (C=O) groups excluding carboxylic acids is 2. The van der Waals surface area contributed by atoms with E-state index < -0.39 is 0 Å². The van der Waals surface area contributed by atoms with Crippen molar-refractivity contribution < 1.29 is 9.59 Å². The molecule has 2 amide bonds. The highest BCUT2D eigenvalue weighted by Gasteiger charge is 2.25. The van der Waals surface area contributed by atoms with Crippen molar-refractivity contribution in [1.29, 1.82) is 0 Å². The first kappa shape index (κ1) is 18.6. The second-order valence-corrected chi connectivity index (χ2v) is 7.40. The molecule has 0 unspecified atom stereocenters. The minimum atomic E-state index is 0.0344. The maximum Gasteiger partial charge on any atom is 0.253 e. The van der Waals surface area contributed by atoms with Crippen LogP contribution in [0.25, 0.3) is 5.69 Å². The quantitative estimate of drug-likeness (QED) is 0.790. The highest BCUT2D eigenvalue weighted by molar-refractivity contribution is 5.94. The molecule has 0 saturated carbocycles. The Hall–Kier alpha value is -2.74. The minimum absolute atomic E-state index is 0.0344. The van der Waals surface area contributed by atoms with Crippen molar-refractivity contribution in [3.05, 3.63) is 42.5 Å². The summed E-state index contributed by atoms with van der Waals surface area (Å²) in [6.07, 6.45) is 6.56. The Kier molecular flexibility index (Phi) is 5.66. The summed E-state index contributed by atoms with van der Waals surface area (Å²) in [6.45, 7) is 5.02. The second kappa shape index (κ2) is 8.52. The lowest BCUT2D eigenvalue weighted by molar-refractivity contribution is -0.133. The van der Waals surface area contributed by atoms with Crippen LogP contribution >= 0.6 is 0 Å². The summed E-state index contributed by atoms with van der Waals surface area (Å²) in [7, 11) is 0. The van der Waals surface area contributed by atoms with Crippen molar-refractivity contribution in [3.63, 3.8) is 0 Å². The van der Waals surface area contributed by atoms with Gasteiger partial charge in [-0.1, -0.05) is 0 Å². The van der Waals surface area contributed by atoms with Gasteiger partial charge in [-0.25, -0.2) is 9.67 Å². The van der Waals surface area contributed by atoms with E-state index >= 15 is 0 Å². The standard InChI is InChI=1S/C20H26N6O2/c27-19(24-8-2-1-3-9-24)14-23-10-12-25(13-11-23)20(28)17-4-6-18(7-5-17)26-16-21-15-22-26/h4-7,15-16H,1-3,8-14H2. The van der Waals surface area contributed by atoms with Crippen LogP contribution in [0.1, 0.15) is 29.6 Å². The molecule has 148 valence electrons. The van der Waals surface area contributed by atoms with E-state index in [9.17, 15) is 9.59 Å². The predicted octanol–water partition coefficient (Wildman–Crippen LogP) is 1.04. The third kappa shape index (κ3) is 4.22. The molecule has 1 aromatic carbocycles. The maximum atomic E-state index is 12.8. The van der Waals surface area contributed by atoms with E-state index in [1.807, 2.05) is 34.1 Å². The van der Waals surface area contributed by atoms with E-state index in [-0.39, 0.29) is 11.8 Å². The zero-order chi connectivity index (χ0) is 19.3. The van der Waals surface area contributed by atoms with E-state index in [1.54, 1.807) is 11.0 Å². The summed E-state index contributed by atoms with van der Waals surface area (Å²) in [4.78, 5) is 35.1. The first-order valence-corrected chi connectivity index (χ1v) is 9.95. The van der Waals surface area contributed by atoms with Gasteiger partial charge < -0.3 is 9.80 Å². The minimum Gasteiger partial charge on any atom is -0.342 e. The summed E-state index contributed by atoms with van der Waals surface area (Å²) in [5.74, 6) is 0.260. The molecular weight excluding hydrogens is 356 g/mol. The topological polar surface area (TPSA) is 74.6 Å². The fraction of sp³-hybridized carbons (Fsp3) is 0.500. The van der Waals surface area contributed by atoms with E-state index in [0.717, 1.165) is 44.7 Å². The molecule has 3 heterocycles. The first-order valence-electron chi connectivity index (χ1n) is 9.95. The molecular formula is C20H26N6O2. The monoisotopic (exact) mass is 382 g/mol. The van der Waals surface area contributed by atoms with E-state index in [2.05, 4.69) is 15.0 Å². The Bertz CT molecular complexity index is 791. The number of rotatable bonds is 4. The third-order valence-corrected chi connectivity index (χ3v) is 5.52. The van der Waals surface area contributed by atoms with E-state index in [4.69, 9.17) is 0 Å². The van der Waals surface area contributed by atoms with Gasteiger partial charge in [0.2, 0.25) is 5.91 Å². The van der Waals surface area contributed by atoms with Crippen molar-refractivity contribution in [1.82, 2.24) is 29.5 Å². The van der Waals surface area contributed by atoms with Gasteiger partial charge in [0.05, 0.1) is 12.2 Å². The predicted molar refractivity (Wildman–Crippen MR) is 104 cm³/mol. The molecule has 28 heavy (non-hydrogen) atoms. The second-order valence-electron chi connectivity index (χ2n) is 7.40. The van der Waals surface area contributed by atoms with Gasteiger partial charge in [-0.15, -0.1) is 0 Å². The number of nitrogens with zero attached hydrogens (tertiary/aromatic N) is 6. The SMILES string of the molecule is O=C(CN1CCN(C(=O)c2ccc(-n3cncn3)cc2)CC1)N1CCCCC1. The number of hydrogen-bond acceptors (Lipinski definition) is 5. The van der Waals surface area contributed by atoms with Gasteiger partial charge >= 0.3 is 0 Å². The average molecular weight is 382 g/mol. The molecule has 8 heteroatoms. The molecule has 2 fully saturated rings. The smallest absolute Gasteiger partial charge is 0.253 e. The van der Waals surface area contributed by atoms with Crippen molar-refractivity contribution >= 4 is 11.8 Å². The number of hydrogen-bond donors (Lipinski definition) is 0. The van der Waals surface area contributed by atoms with Crippen LogP contribution in [0.2, 0.25) is 0 Å². The van der Waals surface area contributed by atoms with Crippen LogP contribution in [0, 0.1) is 0 Å². The molecule has 0 aliphatic carbocycles. The maximum absolute atomic E-state index is 12.8. The van der Waals surface area contributed by atoms with Crippen LogP contribution in [0.15, 0.2) is 36.9 Å².